The smallest absolute Gasteiger partial charge is 0.190 e. The summed E-state index contributed by atoms with van der Waals surface area (Å²) in [5.74, 6) is -0.237. The van der Waals surface area contributed by atoms with Crippen molar-refractivity contribution in [3.63, 3.8) is 0 Å². The van der Waals surface area contributed by atoms with Gasteiger partial charge < -0.3 is 46.5 Å². The van der Waals surface area contributed by atoms with Crippen molar-refractivity contribution in [1.82, 2.24) is 20.2 Å². The van der Waals surface area contributed by atoms with Gasteiger partial charge >= 0.3 is 0 Å². The molecule has 69 heavy (non-hydrogen) atoms. The normalized spacial score (nSPS) is 43.6. The number of carbonyl (C=O) groups is 1. The van der Waals surface area contributed by atoms with Crippen molar-refractivity contribution in [2.75, 3.05) is 31.6 Å². The molecule has 0 amide bonds. The average Bonchev–Trinajstić information content (AvgIpc) is 4.06. The molecule has 14 heteroatoms. The fourth-order valence-corrected chi connectivity index (χ4v) is 20.5. The van der Waals surface area contributed by atoms with Crippen molar-refractivity contribution >= 4 is 33.3 Å². The number of allylic oxidation sites excluding steroid dienone is 2. The Kier molecular flexibility index (Phi) is 15.4. The molecule has 386 valence electrons. The lowest BCUT2D eigenvalue weighted by Gasteiger charge is -2.67. The summed E-state index contributed by atoms with van der Waals surface area (Å²) < 4.78 is 2.28. The first-order valence-electron chi connectivity index (χ1n) is 27.2. The summed E-state index contributed by atoms with van der Waals surface area (Å²) in [6, 6.07) is 0.183. The Morgan fingerprint density at radius 2 is 1.70 bits per heavy atom. The molecule has 2 heterocycles. The Balaban J connectivity index is 1.19. The Morgan fingerprint density at radius 3 is 2.39 bits per heavy atom. The summed E-state index contributed by atoms with van der Waals surface area (Å²) in [5, 5.41) is 68.1. The Hall–Kier alpha value is -1.91. The van der Waals surface area contributed by atoms with E-state index in [0.29, 0.717) is 43.5 Å². The van der Waals surface area contributed by atoms with Crippen LogP contribution in [0.25, 0.3) is 0 Å². The number of aromatic nitrogens is 2. The predicted octanol–water partition coefficient (Wildman–Crippen LogP) is 7.96. The third-order valence-corrected chi connectivity index (χ3v) is 23.2. The molecule has 9 rings (SSSR count). The molecule has 15 unspecified atom stereocenters. The summed E-state index contributed by atoms with van der Waals surface area (Å²) in [6.45, 7) is 11.7. The van der Waals surface area contributed by atoms with E-state index in [4.69, 9.17) is 10.7 Å². The Morgan fingerprint density at radius 1 is 0.971 bits per heavy atom. The lowest BCUT2D eigenvalue weighted by atomic mass is 9.38. The number of nitrogens with one attached hydrogen (secondary N) is 2. The number of carbonyl (C=O) groups excluding carboxylic acids is 1. The number of nitrogens with zero attached hydrogens (tertiary/aromatic N) is 3. The summed E-state index contributed by atoms with van der Waals surface area (Å²) >= 11 is 0. The summed E-state index contributed by atoms with van der Waals surface area (Å²) in [6.07, 6.45) is 22.3. The van der Waals surface area contributed by atoms with Gasteiger partial charge in [0, 0.05) is 66.2 Å². The number of hydrogen-bond donors (Lipinski definition) is 8. The number of hydrogen-bond acceptors (Lipinski definition) is 11. The molecule has 7 fully saturated rings. The van der Waals surface area contributed by atoms with Crippen molar-refractivity contribution < 1.29 is 30.3 Å². The maximum absolute atomic E-state index is 15.6. The van der Waals surface area contributed by atoms with Gasteiger partial charge in [-0.15, -0.1) is 0 Å². The molecule has 15 atom stereocenters. The maximum Gasteiger partial charge on any atom is 0.190 e. The van der Waals surface area contributed by atoms with Gasteiger partial charge in [-0.2, -0.15) is 0 Å². The van der Waals surface area contributed by atoms with Gasteiger partial charge in [0.25, 0.3) is 0 Å². The molecule has 1 saturated heterocycles. The van der Waals surface area contributed by atoms with Crippen molar-refractivity contribution in [2.24, 2.45) is 79.7 Å². The van der Waals surface area contributed by atoms with Gasteiger partial charge in [0.05, 0.1) is 30.2 Å². The van der Waals surface area contributed by atoms with E-state index in [1.54, 1.807) is 12.5 Å². The number of nitrogens with two attached hydrogens (primary N) is 1. The zero-order chi connectivity index (χ0) is 49.1. The lowest BCUT2D eigenvalue weighted by Crippen LogP contribution is -2.69. The molecule has 1 aromatic heterocycles. The van der Waals surface area contributed by atoms with Crippen LogP contribution in [0.5, 0.6) is 0 Å². The van der Waals surface area contributed by atoms with Gasteiger partial charge in [0.15, 0.2) is 11.7 Å². The van der Waals surface area contributed by atoms with Crippen LogP contribution >= 0.6 is 21.6 Å². The number of aliphatic imine (C=N–C) groups is 1. The maximum atomic E-state index is 15.6. The molecule has 12 nitrogen and oxygen atoms in total. The van der Waals surface area contributed by atoms with Gasteiger partial charge in [-0.05, 0) is 155 Å². The van der Waals surface area contributed by atoms with Gasteiger partial charge in [-0.3, -0.25) is 9.79 Å². The van der Waals surface area contributed by atoms with Crippen LogP contribution in [0.4, 0.5) is 0 Å². The highest BCUT2D eigenvalue weighted by atomic mass is 33.1. The summed E-state index contributed by atoms with van der Waals surface area (Å²) in [4.78, 5) is 25.0. The first kappa shape index (κ1) is 52.0. The van der Waals surface area contributed by atoms with Crippen LogP contribution in [0.15, 0.2) is 46.5 Å². The highest BCUT2D eigenvalue weighted by Gasteiger charge is 2.74. The average molecular weight is 993 g/mol. The number of aliphatic hydroxyl groups is 5. The minimum absolute atomic E-state index is 0.0365. The second-order valence-corrected chi connectivity index (χ2v) is 27.4. The molecular weight excluding hydrogens is 905 g/mol. The topological polar surface area (TPSA) is 198 Å². The predicted molar refractivity (Wildman–Crippen MR) is 278 cm³/mol. The number of imidazole rings is 1. The molecule has 9 N–H and O–H groups in total. The van der Waals surface area contributed by atoms with Crippen LogP contribution in [0.1, 0.15) is 156 Å². The Bertz CT molecular complexity index is 2070. The number of rotatable bonds is 7. The van der Waals surface area contributed by atoms with Crippen LogP contribution in [-0.2, 0) is 4.79 Å². The van der Waals surface area contributed by atoms with Crippen LogP contribution < -0.4 is 16.4 Å². The van der Waals surface area contributed by atoms with Crippen LogP contribution in [-0.4, -0.2) is 109 Å². The summed E-state index contributed by atoms with van der Waals surface area (Å²) in [5.41, 5.74) is 7.66. The fraction of sp³-hybridized carbons (Fsp3) is 0.836. The second-order valence-electron chi connectivity index (χ2n) is 24.9. The van der Waals surface area contributed by atoms with Crippen molar-refractivity contribution in [2.45, 2.75) is 186 Å². The lowest BCUT2D eigenvalue weighted by molar-refractivity contribution is -0.203. The van der Waals surface area contributed by atoms with E-state index in [-0.39, 0.29) is 65.1 Å². The molecule has 1 spiro atoms. The van der Waals surface area contributed by atoms with Gasteiger partial charge in [-0.25, -0.2) is 4.98 Å². The number of guanidine groups is 1. The minimum atomic E-state index is -1.39. The fourth-order valence-electron chi connectivity index (χ4n) is 17.8. The molecule has 1 aromatic rings. The zero-order valence-electron chi connectivity index (χ0n) is 42.8. The van der Waals surface area contributed by atoms with Gasteiger partial charge in [-0.1, -0.05) is 92.5 Å². The van der Waals surface area contributed by atoms with Crippen molar-refractivity contribution in [3.05, 3.63) is 41.5 Å². The minimum Gasteiger partial charge on any atom is -0.393 e. The van der Waals surface area contributed by atoms with E-state index in [0.717, 1.165) is 62.7 Å². The molecule has 2 bridgehead atoms. The molecule has 0 aromatic carbocycles. The van der Waals surface area contributed by atoms with E-state index in [2.05, 4.69) is 54.1 Å². The molecule has 0 radical (unpaired) electrons. The standard InChI is InChI=1S/C55H88N6O6S2/c1-33-41-21-38(30-68-69-31-39(61-20-19-58-32-61)26-51(3,4)42(22-44(33)63)35-13-12-18-53(25-35)16-10-11-17-53)55(67)43-23-45(64)48-40(29-57-6)49(66)46(65)27-54(48,37-14-8-7-9-15-37)47(43)36(24-52(41,55)5)28-59-50(56)60-34(2)62/h19-20,23,32-34,36-41,44,46-49,57,62-63,65-67H,7-18,21-22,24-31H2,1-6H3,(H3,56,59,60). The van der Waals surface area contributed by atoms with E-state index >= 15 is 4.79 Å². The first-order valence-corrected chi connectivity index (χ1v) is 29.7. The third-order valence-electron chi connectivity index (χ3n) is 20.6. The zero-order valence-corrected chi connectivity index (χ0v) is 44.4. The molecule has 8 aliphatic rings. The van der Waals surface area contributed by atoms with Crippen LogP contribution in [0.3, 0.4) is 0 Å². The van der Waals surface area contributed by atoms with Gasteiger partial charge in [0.2, 0.25) is 0 Å². The van der Waals surface area contributed by atoms with Crippen LogP contribution in [0.2, 0.25) is 0 Å². The Labute approximate surface area is 421 Å². The van der Waals surface area contributed by atoms with Crippen molar-refractivity contribution in [1.29, 1.82) is 0 Å². The van der Waals surface area contributed by atoms with Gasteiger partial charge in [0.1, 0.15) is 6.23 Å². The molecule has 7 aliphatic carbocycles. The third kappa shape index (κ3) is 9.27. The molecule has 6 saturated carbocycles. The van der Waals surface area contributed by atoms with Crippen LogP contribution in [0, 0.1) is 69.0 Å². The van der Waals surface area contributed by atoms with E-state index < -0.39 is 52.8 Å². The first-order chi connectivity index (χ1) is 32.9. The van der Waals surface area contributed by atoms with E-state index in [9.17, 15) is 25.5 Å². The SMILES string of the molecule is CNCC1C(O)C(O)CC2(C3CCCCC3)C3C(=CC(=O)C12)C1(O)C2CSSCC(n4ccnc4)CC(C)(C)C(=C4CCCC5(CCCC5)C4)CC(O)C(C)C(C2)C1(C)CC3CN=C(N)NC(C)O. The van der Waals surface area contributed by atoms with E-state index in [1.807, 2.05) is 47.2 Å². The highest BCUT2D eigenvalue weighted by molar-refractivity contribution is 8.76. The van der Waals surface area contributed by atoms with Crippen molar-refractivity contribution in [3.8, 4) is 0 Å². The number of fused-ring (bicyclic) bond motifs is 9. The monoisotopic (exact) mass is 993 g/mol. The molecular formula is C55H88N6O6S2. The largest absolute Gasteiger partial charge is 0.393 e. The quantitative estimate of drug-likeness (QED) is 0.0432. The number of aliphatic hydroxyl groups excluding tert-OH is 4. The highest BCUT2D eigenvalue weighted by Crippen LogP contribution is 2.74. The summed E-state index contributed by atoms with van der Waals surface area (Å²) in [7, 11) is 5.58. The molecule has 1 aliphatic heterocycles. The van der Waals surface area contributed by atoms with E-state index in [1.165, 1.54) is 44.1 Å². The number of ketones is 1. The second kappa shape index (κ2) is 20.4.